The van der Waals surface area contributed by atoms with E-state index in [1.807, 2.05) is 35.8 Å². The SMILES string of the molecule is COCC(=O)N1CCC[C@@H](Cc2cncc(-c3cnc(C)n3C)n2)C1. The van der Waals surface area contributed by atoms with E-state index in [-0.39, 0.29) is 12.5 Å². The molecule has 1 fully saturated rings. The van der Waals surface area contributed by atoms with Crippen LogP contribution in [0.2, 0.25) is 0 Å². The molecule has 7 heteroatoms. The minimum atomic E-state index is 0.0670. The molecule has 3 rings (SSSR count). The molecule has 1 aliphatic rings. The fraction of sp³-hybridized carbons (Fsp3) is 0.556. The number of piperidine rings is 1. The minimum Gasteiger partial charge on any atom is -0.375 e. The zero-order valence-corrected chi connectivity index (χ0v) is 15.1. The quantitative estimate of drug-likeness (QED) is 0.825. The van der Waals surface area contributed by atoms with Crippen molar-refractivity contribution < 1.29 is 9.53 Å². The largest absolute Gasteiger partial charge is 0.375 e. The second kappa shape index (κ2) is 7.74. The summed E-state index contributed by atoms with van der Waals surface area (Å²) in [5.74, 6) is 1.42. The highest BCUT2D eigenvalue weighted by atomic mass is 16.5. The van der Waals surface area contributed by atoms with E-state index in [2.05, 4.69) is 9.97 Å². The molecule has 1 atom stereocenters. The third kappa shape index (κ3) is 4.04. The molecular weight excluding hydrogens is 318 g/mol. The average molecular weight is 343 g/mol. The maximum atomic E-state index is 12.0. The maximum Gasteiger partial charge on any atom is 0.248 e. The van der Waals surface area contributed by atoms with Crippen molar-refractivity contribution in [3.8, 4) is 11.4 Å². The molecule has 0 aliphatic carbocycles. The van der Waals surface area contributed by atoms with Gasteiger partial charge in [-0.25, -0.2) is 9.97 Å². The summed E-state index contributed by atoms with van der Waals surface area (Å²) in [7, 11) is 3.53. The van der Waals surface area contributed by atoms with Crippen LogP contribution in [0, 0.1) is 12.8 Å². The van der Waals surface area contributed by atoms with Gasteiger partial charge in [-0.2, -0.15) is 0 Å². The molecule has 0 saturated carbocycles. The first-order chi connectivity index (χ1) is 12.1. The lowest BCUT2D eigenvalue weighted by atomic mass is 9.93. The molecule has 2 aromatic heterocycles. The molecule has 25 heavy (non-hydrogen) atoms. The fourth-order valence-electron chi connectivity index (χ4n) is 3.34. The van der Waals surface area contributed by atoms with Crippen molar-refractivity contribution in [2.45, 2.75) is 26.2 Å². The summed E-state index contributed by atoms with van der Waals surface area (Å²) in [6, 6.07) is 0. The summed E-state index contributed by atoms with van der Waals surface area (Å²) < 4.78 is 6.98. The van der Waals surface area contributed by atoms with Crippen LogP contribution in [0.3, 0.4) is 0 Å². The van der Waals surface area contributed by atoms with Gasteiger partial charge in [-0.1, -0.05) is 0 Å². The van der Waals surface area contributed by atoms with Gasteiger partial charge in [-0.15, -0.1) is 0 Å². The van der Waals surface area contributed by atoms with Gasteiger partial charge in [0.15, 0.2) is 0 Å². The Morgan fingerprint density at radius 1 is 1.36 bits per heavy atom. The van der Waals surface area contributed by atoms with Crippen molar-refractivity contribution in [3.63, 3.8) is 0 Å². The molecule has 0 aromatic carbocycles. The van der Waals surface area contributed by atoms with Crippen LogP contribution in [0.4, 0.5) is 0 Å². The van der Waals surface area contributed by atoms with E-state index in [1.165, 1.54) is 0 Å². The summed E-state index contributed by atoms with van der Waals surface area (Å²) in [6.07, 6.45) is 8.38. The van der Waals surface area contributed by atoms with Gasteiger partial charge in [0, 0.05) is 33.4 Å². The number of hydrogen-bond donors (Lipinski definition) is 0. The minimum absolute atomic E-state index is 0.0670. The number of nitrogens with zero attached hydrogens (tertiary/aromatic N) is 5. The smallest absolute Gasteiger partial charge is 0.248 e. The lowest BCUT2D eigenvalue weighted by Gasteiger charge is -2.32. The first-order valence-corrected chi connectivity index (χ1v) is 8.64. The van der Waals surface area contributed by atoms with E-state index >= 15 is 0 Å². The third-order valence-electron chi connectivity index (χ3n) is 4.80. The van der Waals surface area contributed by atoms with Crippen LogP contribution in [0.25, 0.3) is 11.4 Å². The first kappa shape index (κ1) is 17.5. The summed E-state index contributed by atoms with van der Waals surface area (Å²) in [5.41, 5.74) is 2.76. The number of ether oxygens (including phenoxy) is 1. The molecule has 1 amide bonds. The van der Waals surface area contributed by atoms with Gasteiger partial charge in [0.25, 0.3) is 0 Å². The predicted octanol–water partition coefficient (Wildman–Crippen LogP) is 1.61. The van der Waals surface area contributed by atoms with E-state index in [0.29, 0.717) is 5.92 Å². The van der Waals surface area contributed by atoms with Crippen LogP contribution in [0.5, 0.6) is 0 Å². The Bertz CT molecular complexity index is 743. The van der Waals surface area contributed by atoms with Crippen LogP contribution < -0.4 is 0 Å². The van der Waals surface area contributed by atoms with E-state index < -0.39 is 0 Å². The first-order valence-electron chi connectivity index (χ1n) is 8.64. The Hall–Kier alpha value is -2.28. The van der Waals surface area contributed by atoms with Crippen molar-refractivity contribution in [2.75, 3.05) is 26.8 Å². The predicted molar refractivity (Wildman–Crippen MR) is 93.9 cm³/mol. The van der Waals surface area contributed by atoms with Crippen LogP contribution in [0.15, 0.2) is 18.6 Å². The molecule has 1 aliphatic heterocycles. The molecule has 0 spiro atoms. The molecule has 2 aromatic rings. The normalized spacial score (nSPS) is 17.7. The molecule has 0 unspecified atom stereocenters. The number of carbonyl (C=O) groups is 1. The Balaban J connectivity index is 1.70. The van der Waals surface area contributed by atoms with Crippen molar-refractivity contribution >= 4 is 5.91 Å². The highest BCUT2D eigenvalue weighted by Crippen LogP contribution is 2.22. The van der Waals surface area contributed by atoms with E-state index in [4.69, 9.17) is 9.72 Å². The second-order valence-electron chi connectivity index (χ2n) is 6.63. The lowest BCUT2D eigenvalue weighted by molar-refractivity contribution is -0.136. The van der Waals surface area contributed by atoms with Gasteiger partial charge in [-0.3, -0.25) is 9.78 Å². The van der Waals surface area contributed by atoms with Crippen molar-refractivity contribution in [3.05, 3.63) is 30.1 Å². The van der Waals surface area contributed by atoms with E-state index in [9.17, 15) is 4.79 Å². The number of aryl methyl sites for hydroxylation is 1. The monoisotopic (exact) mass is 343 g/mol. The van der Waals surface area contributed by atoms with Gasteiger partial charge in [-0.05, 0) is 32.1 Å². The number of carbonyl (C=O) groups excluding carboxylic acids is 1. The molecule has 0 bridgehead atoms. The molecule has 134 valence electrons. The molecule has 0 radical (unpaired) electrons. The van der Waals surface area contributed by atoms with Gasteiger partial charge < -0.3 is 14.2 Å². The number of rotatable bonds is 5. The topological polar surface area (TPSA) is 73.1 Å². The number of hydrogen-bond acceptors (Lipinski definition) is 5. The van der Waals surface area contributed by atoms with Crippen molar-refractivity contribution in [2.24, 2.45) is 13.0 Å². The van der Waals surface area contributed by atoms with Gasteiger partial charge in [0.2, 0.25) is 5.91 Å². The van der Waals surface area contributed by atoms with Crippen molar-refractivity contribution in [1.29, 1.82) is 0 Å². The number of imidazole rings is 1. The van der Waals surface area contributed by atoms with Gasteiger partial charge in [0.05, 0.1) is 23.8 Å². The van der Waals surface area contributed by atoms with Gasteiger partial charge >= 0.3 is 0 Å². The van der Waals surface area contributed by atoms with Crippen LogP contribution in [-0.2, 0) is 23.0 Å². The third-order valence-corrected chi connectivity index (χ3v) is 4.80. The highest BCUT2D eigenvalue weighted by Gasteiger charge is 2.24. The van der Waals surface area contributed by atoms with Crippen LogP contribution in [0.1, 0.15) is 24.4 Å². The van der Waals surface area contributed by atoms with Crippen LogP contribution in [-0.4, -0.2) is 57.1 Å². The van der Waals surface area contributed by atoms with E-state index in [1.54, 1.807) is 13.3 Å². The number of amides is 1. The summed E-state index contributed by atoms with van der Waals surface area (Å²) >= 11 is 0. The zero-order valence-electron chi connectivity index (χ0n) is 15.1. The van der Waals surface area contributed by atoms with Crippen LogP contribution >= 0.6 is 0 Å². The molecule has 1 saturated heterocycles. The molecule has 3 heterocycles. The Labute approximate surface area is 148 Å². The summed E-state index contributed by atoms with van der Waals surface area (Å²) in [5, 5.41) is 0. The maximum absolute atomic E-state index is 12.0. The van der Waals surface area contributed by atoms with Gasteiger partial charge in [0.1, 0.15) is 18.1 Å². The summed E-state index contributed by atoms with van der Waals surface area (Å²) in [4.78, 5) is 27.4. The molecule has 7 nitrogen and oxygen atoms in total. The highest BCUT2D eigenvalue weighted by molar-refractivity contribution is 5.77. The average Bonchev–Trinajstić information content (AvgIpc) is 2.95. The Morgan fingerprint density at radius 2 is 2.20 bits per heavy atom. The fourth-order valence-corrected chi connectivity index (χ4v) is 3.34. The number of likely N-dealkylation sites (tertiary alicyclic amines) is 1. The zero-order chi connectivity index (χ0) is 17.8. The number of methoxy groups -OCH3 is 1. The van der Waals surface area contributed by atoms with E-state index in [0.717, 1.165) is 55.3 Å². The molecular formula is C18H25N5O2. The van der Waals surface area contributed by atoms with Crippen molar-refractivity contribution in [1.82, 2.24) is 24.4 Å². The molecule has 0 N–H and O–H groups in total. The Morgan fingerprint density at radius 3 is 2.92 bits per heavy atom. The standard InChI is InChI=1S/C18H25N5O2/c1-13-20-10-17(22(13)2)16-9-19-8-15(21-16)7-14-5-4-6-23(11-14)18(24)12-25-3/h8-10,14H,4-7,11-12H2,1-3H3/t14-/m0/s1. The summed E-state index contributed by atoms with van der Waals surface area (Å²) in [6.45, 7) is 3.70. The lowest BCUT2D eigenvalue weighted by Crippen LogP contribution is -2.42. The number of aromatic nitrogens is 4. The Kier molecular flexibility index (Phi) is 5.43. The second-order valence-corrected chi connectivity index (χ2v) is 6.63.